The molecule has 0 bridgehead atoms. The summed E-state index contributed by atoms with van der Waals surface area (Å²) in [6.45, 7) is 4.17. The first kappa shape index (κ1) is 14.8. The Labute approximate surface area is 128 Å². The van der Waals surface area contributed by atoms with Crippen LogP contribution in [0, 0.1) is 0 Å². The smallest absolute Gasteiger partial charge is 0.299 e. The van der Waals surface area contributed by atoms with Crippen LogP contribution in [0.15, 0.2) is 23.0 Å². The lowest BCUT2D eigenvalue weighted by molar-refractivity contribution is -0.132. The normalized spacial score (nSPS) is 19.4. The Hall–Kier alpha value is -2.17. The second-order valence-corrected chi connectivity index (χ2v) is 6.32. The average molecular weight is 300 g/mol. The highest BCUT2D eigenvalue weighted by Crippen LogP contribution is 2.29. The number of benzene rings is 1. The molecule has 1 atom stereocenters. The summed E-state index contributed by atoms with van der Waals surface area (Å²) in [7, 11) is 1.74. The Bertz CT molecular complexity index is 826. The highest BCUT2D eigenvalue weighted by molar-refractivity contribution is 6.03. The maximum absolute atomic E-state index is 12.7. The number of para-hydroxylation sites is 1. The zero-order chi connectivity index (χ0) is 16.0. The maximum atomic E-state index is 12.7. The molecule has 1 saturated carbocycles. The minimum atomic E-state index is -0.517. The zero-order valence-corrected chi connectivity index (χ0v) is 13.1. The lowest BCUT2D eigenvalue weighted by atomic mass is 9.92. The van der Waals surface area contributed by atoms with Crippen LogP contribution < -0.4 is 5.69 Å². The third kappa shape index (κ3) is 2.12. The van der Waals surface area contributed by atoms with Crippen molar-refractivity contribution in [3.8, 4) is 0 Å². The monoisotopic (exact) mass is 300 g/mol. The molecule has 0 aliphatic heterocycles. The molecule has 1 aliphatic carbocycles. The number of ketones is 2. The fourth-order valence-corrected chi connectivity index (χ4v) is 3.37. The number of aryl methyl sites for hydroxylation is 1. The van der Waals surface area contributed by atoms with Gasteiger partial charge in [-0.3, -0.25) is 18.7 Å². The van der Waals surface area contributed by atoms with E-state index in [2.05, 4.69) is 13.8 Å². The van der Waals surface area contributed by atoms with Gasteiger partial charge < -0.3 is 0 Å². The number of carbonyl (C=O) groups excluding carboxylic acids is 2. The SMILES string of the molecule is CC(C)c1cccc2c1n(C)c(=O)n2C1CCC(=O)CC1=O. The molecular weight excluding hydrogens is 280 g/mol. The first-order chi connectivity index (χ1) is 10.4. The minimum absolute atomic E-state index is 0.0302. The van der Waals surface area contributed by atoms with Gasteiger partial charge in [0.25, 0.3) is 0 Å². The zero-order valence-electron chi connectivity index (χ0n) is 13.1. The molecule has 1 aromatic heterocycles. The summed E-state index contributed by atoms with van der Waals surface area (Å²) in [4.78, 5) is 36.4. The van der Waals surface area contributed by atoms with Gasteiger partial charge in [-0.15, -0.1) is 0 Å². The van der Waals surface area contributed by atoms with Gasteiger partial charge in [0.1, 0.15) is 5.78 Å². The average Bonchev–Trinajstić information content (AvgIpc) is 2.72. The predicted molar refractivity (Wildman–Crippen MR) is 84.2 cm³/mol. The van der Waals surface area contributed by atoms with E-state index in [4.69, 9.17) is 0 Å². The highest BCUT2D eigenvalue weighted by atomic mass is 16.2. The fourth-order valence-electron chi connectivity index (χ4n) is 3.37. The molecule has 0 saturated heterocycles. The van der Waals surface area contributed by atoms with E-state index in [9.17, 15) is 14.4 Å². The van der Waals surface area contributed by atoms with Crippen LogP contribution in [-0.2, 0) is 16.6 Å². The molecule has 5 nitrogen and oxygen atoms in total. The second-order valence-electron chi connectivity index (χ2n) is 6.32. The van der Waals surface area contributed by atoms with Gasteiger partial charge in [0, 0.05) is 13.5 Å². The lowest BCUT2D eigenvalue weighted by Crippen LogP contribution is -2.34. The van der Waals surface area contributed by atoms with Crippen LogP contribution in [0.2, 0.25) is 0 Å². The summed E-state index contributed by atoms with van der Waals surface area (Å²) >= 11 is 0. The van der Waals surface area contributed by atoms with Crippen molar-refractivity contribution in [3.05, 3.63) is 34.2 Å². The van der Waals surface area contributed by atoms with Crippen LogP contribution in [-0.4, -0.2) is 20.7 Å². The van der Waals surface area contributed by atoms with Gasteiger partial charge in [0.05, 0.1) is 23.5 Å². The summed E-state index contributed by atoms with van der Waals surface area (Å²) in [6, 6.07) is 5.30. The Kier molecular flexibility index (Phi) is 3.51. The van der Waals surface area contributed by atoms with Crippen molar-refractivity contribution in [2.24, 2.45) is 7.05 Å². The van der Waals surface area contributed by atoms with Gasteiger partial charge in [0.2, 0.25) is 0 Å². The van der Waals surface area contributed by atoms with Crippen LogP contribution in [0.3, 0.4) is 0 Å². The molecule has 0 amide bonds. The molecule has 1 fully saturated rings. The summed E-state index contributed by atoms with van der Waals surface area (Å²) < 4.78 is 3.20. The molecule has 0 N–H and O–H groups in total. The molecule has 22 heavy (non-hydrogen) atoms. The maximum Gasteiger partial charge on any atom is 0.329 e. The first-order valence-electron chi connectivity index (χ1n) is 7.66. The number of imidazole rings is 1. The van der Waals surface area contributed by atoms with Crippen molar-refractivity contribution >= 4 is 22.6 Å². The number of hydrogen-bond donors (Lipinski definition) is 0. The Morgan fingerprint density at radius 2 is 1.91 bits per heavy atom. The molecule has 1 unspecified atom stereocenters. The van der Waals surface area contributed by atoms with Crippen LogP contribution >= 0.6 is 0 Å². The van der Waals surface area contributed by atoms with Crippen molar-refractivity contribution in [2.45, 2.75) is 45.1 Å². The summed E-state index contributed by atoms with van der Waals surface area (Å²) in [5.41, 5.74) is 2.57. The van der Waals surface area contributed by atoms with Gasteiger partial charge in [0.15, 0.2) is 5.78 Å². The summed E-state index contributed by atoms with van der Waals surface area (Å²) in [5.74, 6) is 0.104. The van der Waals surface area contributed by atoms with E-state index in [1.165, 1.54) is 0 Å². The number of fused-ring (bicyclic) bond motifs is 1. The number of Topliss-reactive ketones (excluding diaryl/α,β-unsaturated/α-hetero) is 2. The molecule has 0 radical (unpaired) electrons. The minimum Gasteiger partial charge on any atom is -0.299 e. The van der Waals surface area contributed by atoms with Gasteiger partial charge in [-0.2, -0.15) is 0 Å². The van der Waals surface area contributed by atoms with Crippen molar-refractivity contribution in [1.29, 1.82) is 0 Å². The van der Waals surface area contributed by atoms with E-state index in [-0.39, 0.29) is 29.6 Å². The molecule has 116 valence electrons. The predicted octanol–water partition coefficient (Wildman–Crippen LogP) is 2.33. The van der Waals surface area contributed by atoms with Crippen molar-refractivity contribution < 1.29 is 9.59 Å². The largest absolute Gasteiger partial charge is 0.329 e. The molecule has 1 heterocycles. The standard InChI is InChI=1S/C17H20N2O3/c1-10(2)12-5-4-6-14-16(12)18(3)17(22)19(14)13-8-7-11(20)9-15(13)21/h4-6,10,13H,7-9H2,1-3H3. The highest BCUT2D eigenvalue weighted by Gasteiger charge is 2.31. The third-order valence-corrected chi connectivity index (χ3v) is 4.51. The first-order valence-corrected chi connectivity index (χ1v) is 7.66. The number of carbonyl (C=O) groups is 2. The molecule has 0 spiro atoms. The quantitative estimate of drug-likeness (QED) is 0.800. The third-order valence-electron chi connectivity index (χ3n) is 4.51. The van der Waals surface area contributed by atoms with Crippen LogP contribution in [0.25, 0.3) is 11.0 Å². The topological polar surface area (TPSA) is 61.1 Å². The van der Waals surface area contributed by atoms with Crippen LogP contribution in [0.5, 0.6) is 0 Å². The van der Waals surface area contributed by atoms with Gasteiger partial charge in [-0.1, -0.05) is 26.0 Å². The van der Waals surface area contributed by atoms with Crippen molar-refractivity contribution in [1.82, 2.24) is 9.13 Å². The second kappa shape index (κ2) is 5.23. The molecule has 2 aromatic rings. The van der Waals surface area contributed by atoms with Crippen LogP contribution in [0.1, 0.15) is 50.6 Å². The van der Waals surface area contributed by atoms with E-state index in [0.29, 0.717) is 12.8 Å². The molecule has 1 aliphatic rings. The molecule has 1 aromatic carbocycles. The van der Waals surface area contributed by atoms with Crippen molar-refractivity contribution in [2.75, 3.05) is 0 Å². The van der Waals surface area contributed by atoms with Crippen LogP contribution in [0.4, 0.5) is 0 Å². The number of rotatable bonds is 2. The van der Waals surface area contributed by atoms with E-state index in [1.54, 1.807) is 16.2 Å². The van der Waals surface area contributed by atoms with Gasteiger partial charge in [-0.25, -0.2) is 4.79 Å². The lowest BCUT2D eigenvalue weighted by Gasteiger charge is -2.21. The fraction of sp³-hybridized carbons (Fsp3) is 0.471. The van der Waals surface area contributed by atoms with E-state index in [0.717, 1.165) is 16.6 Å². The summed E-state index contributed by atoms with van der Waals surface area (Å²) in [5, 5.41) is 0. The number of aromatic nitrogens is 2. The Morgan fingerprint density at radius 1 is 1.18 bits per heavy atom. The van der Waals surface area contributed by atoms with E-state index >= 15 is 0 Å². The van der Waals surface area contributed by atoms with Crippen molar-refractivity contribution in [3.63, 3.8) is 0 Å². The molecule has 3 rings (SSSR count). The number of hydrogen-bond acceptors (Lipinski definition) is 3. The molecular formula is C17H20N2O3. The number of nitrogens with zero attached hydrogens (tertiary/aromatic N) is 2. The van der Waals surface area contributed by atoms with Gasteiger partial charge >= 0.3 is 5.69 Å². The Balaban J connectivity index is 2.25. The molecule has 5 heteroatoms. The Morgan fingerprint density at radius 3 is 2.55 bits per heavy atom. The van der Waals surface area contributed by atoms with Gasteiger partial charge in [-0.05, 0) is 24.0 Å². The van der Waals surface area contributed by atoms with E-state index in [1.807, 2.05) is 18.2 Å². The van der Waals surface area contributed by atoms with E-state index < -0.39 is 6.04 Å². The summed E-state index contributed by atoms with van der Waals surface area (Å²) in [6.07, 6.45) is 0.725.